The largest absolute Gasteiger partial charge is 0.465 e. The van der Waals surface area contributed by atoms with Crippen LogP contribution in [0.4, 0.5) is 4.79 Å². The minimum absolute atomic E-state index is 0.00475. The number of carbonyl (C=O) groups excluding carboxylic acids is 2. The van der Waals surface area contributed by atoms with E-state index in [1.165, 1.54) is 0 Å². The number of fused-ring (bicyclic) bond motifs is 1. The van der Waals surface area contributed by atoms with Crippen molar-refractivity contribution >= 4 is 38.7 Å². The highest BCUT2D eigenvalue weighted by molar-refractivity contribution is 7.92. The molecular weight excluding hydrogens is 468 g/mol. The molecule has 3 rings (SSSR count). The molecule has 0 bridgehead atoms. The van der Waals surface area contributed by atoms with Crippen LogP contribution in [-0.2, 0) is 20.4 Å². The second-order valence-corrected chi connectivity index (χ2v) is 9.77. The van der Waals surface area contributed by atoms with Crippen LogP contribution >= 0.6 is 0 Å². The number of para-hydroxylation sites is 2. The second kappa shape index (κ2) is 10.5. The predicted octanol–water partition coefficient (Wildman–Crippen LogP) is 1.76. The first kappa shape index (κ1) is 24.9. The molecular formula is C21H24N4O8S. The Kier molecular flexibility index (Phi) is 7.66. The summed E-state index contributed by atoms with van der Waals surface area (Å²) in [4.78, 5) is 40.0. The van der Waals surface area contributed by atoms with E-state index in [9.17, 15) is 22.8 Å². The van der Waals surface area contributed by atoms with Crippen LogP contribution in [0.25, 0.3) is 11.1 Å². The topological polar surface area (TPSA) is 182 Å². The van der Waals surface area contributed by atoms with Gasteiger partial charge >= 0.3 is 6.09 Å². The number of oxazole rings is 1. The van der Waals surface area contributed by atoms with Crippen molar-refractivity contribution in [2.75, 3.05) is 13.1 Å². The third-order valence-electron chi connectivity index (χ3n) is 5.10. The number of aromatic nitrogens is 2. The Hall–Kier alpha value is -3.74. The highest BCUT2D eigenvalue weighted by Gasteiger charge is 2.34. The van der Waals surface area contributed by atoms with Crippen LogP contribution in [0.15, 0.2) is 33.2 Å². The molecule has 12 nitrogen and oxygen atoms in total. The number of ketones is 1. The first-order valence-electron chi connectivity index (χ1n) is 10.3. The summed E-state index contributed by atoms with van der Waals surface area (Å²) in [6.45, 7) is 2.48. The Morgan fingerprint density at radius 1 is 1.15 bits per heavy atom. The number of benzene rings is 1. The second-order valence-electron chi connectivity index (χ2n) is 7.59. The van der Waals surface area contributed by atoms with E-state index >= 15 is 0 Å². The molecule has 0 spiro atoms. The summed E-state index contributed by atoms with van der Waals surface area (Å²) in [7, 11) is -4.13. The van der Waals surface area contributed by atoms with Gasteiger partial charge in [-0.1, -0.05) is 17.3 Å². The van der Waals surface area contributed by atoms with E-state index in [4.69, 9.17) is 14.0 Å². The molecule has 1 atom stereocenters. The molecule has 1 unspecified atom stereocenters. The first-order chi connectivity index (χ1) is 16.1. The molecule has 0 saturated carbocycles. The van der Waals surface area contributed by atoms with Crippen LogP contribution in [0.2, 0.25) is 0 Å². The number of nitrogens with one attached hydrogen (secondary N) is 2. The van der Waals surface area contributed by atoms with Crippen molar-refractivity contribution < 1.29 is 36.8 Å². The van der Waals surface area contributed by atoms with Gasteiger partial charge in [-0.25, -0.2) is 18.2 Å². The quantitative estimate of drug-likeness (QED) is 0.263. The van der Waals surface area contributed by atoms with Gasteiger partial charge in [-0.15, -0.1) is 0 Å². The Morgan fingerprint density at radius 3 is 2.53 bits per heavy atom. The number of Topliss-reactive ketones (excluding diaryl/α,β-unsaturated/α-hetero) is 1. The fraction of sp³-hybridized carbons (Fsp3) is 0.381. The van der Waals surface area contributed by atoms with Gasteiger partial charge in [-0.3, -0.25) is 9.59 Å². The molecule has 2 amide bonds. The minimum Gasteiger partial charge on any atom is -0.465 e. The van der Waals surface area contributed by atoms with Crippen molar-refractivity contribution in [3.63, 3.8) is 0 Å². The normalized spacial score (nSPS) is 12.4. The first-order valence-corrected chi connectivity index (χ1v) is 12.1. The molecule has 0 aliphatic rings. The van der Waals surface area contributed by atoms with E-state index in [0.29, 0.717) is 28.1 Å². The molecule has 0 aliphatic heterocycles. The number of aryl methyl sites for hydroxylation is 2. The van der Waals surface area contributed by atoms with E-state index < -0.39 is 39.4 Å². The van der Waals surface area contributed by atoms with E-state index in [1.54, 1.807) is 38.1 Å². The molecule has 1 aromatic carbocycles. The fourth-order valence-electron chi connectivity index (χ4n) is 3.25. The van der Waals surface area contributed by atoms with Crippen molar-refractivity contribution in [3.05, 3.63) is 47.2 Å². The van der Waals surface area contributed by atoms with Gasteiger partial charge in [0.2, 0.25) is 11.7 Å². The van der Waals surface area contributed by atoms with E-state index in [0.717, 1.165) is 0 Å². The van der Waals surface area contributed by atoms with Gasteiger partial charge in [-0.2, -0.15) is 0 Å². The van der Waals surface area contributed by atoms with Crippen molar-refractivity contribution in [1.29, 1.82) is 0 Å². The van der Waals surface area contributed by atoms with Crippen molar-refractivity contribution in [1.82, 2.24) is 20.8 Å². The summed E-state index contributed by atoms with van der Waals surface area (Å²) in [5.74, 6) is -1.53. The molecule has 0 radical (unpaired) electrons. The summed E-state index contributed by atoms with van der Waals surface area (Å²) in [5, 5.41) is 15.3. The summed E-state index contributed by atoms with van der Waals surface area (Å²) >= 11 is 0. The number of amides is 2. The maximum atomic E-state index is 12.9. The van der Waals surface area contributed by atoms with Crippen LogP contribution in [0.5, 0.6) is 0 Å². The predicted molar refractivity (Wildman–Crippen MR) is 119 cm³/mol. The van der Waals surface area contributed by atoms with Crippen LogP contribution in [0, 0.1) is 13.8 Å². The van der Waals surface area contributed by atoms with Gasteiger partial charge in [0.25, 0.3) is 5.89 Å². The molecule has 3 N–H and O–H groups in total. The molecule has 34 heavy (non-hydrogen) atoms. The summed E-state index contributed by atoms with van der Waals surface area (Å²) in [5.41, 5.74) is 1.72. The van der Waals surface area contributed by atoms with Crippen LogP contribution < -0.4 is 10.6 Å². The SMILES string of the molecule is Cc1noc(C)c1CS(=O)(=O)C(CNC(=O)O)C(=O)NCCCC(=O)c1nc2ccccc2o1. The highest BCUT2D eigenvalue weighted by atomic mass is 32.2. The Labute approximate surface area is 194 Å². The lowest BCUT2D eigenvalue weighted by molar-refractivity contribution is -0.120. The average Bonchev–Trinajstić information content (AvgIpc) is 3.35. The zero-order chi connectivity index (χ0) is 24.9. The number of rotatable bonds is 11. The summed E-state index contributed by atoms with van der Waals surface area (Å²) in [6, 6.07) is 6.93. The fourth-order valence-corrected chi connectivity index (χ4v) is 5.01. The Balaban J connectivity index is 1.60. The van der Waals surface area contributed by atoms with Gasteiger partial charge in [-0.05, 0) is 32.4 Å². The zero-order valence-corrected chi connectivity index (χ0v) is 19.3. The minimum atomic E-state index is -4.13. The molecule has 0 fully saturated rings. The Bertz CT molecular complexity index is 1260. The van der Waals surface area contributed by atoms with E-state index in [2.05, 4.69) is 15.5 Å². The van der Waals surface area contributed by atoms with Crippen LogP contribution in [0.1, 0.15) is 40.5 Å². The smallest absolute Gasteiger partial charge is 0.404 e. The molecule has 182 valence electrons. The molecule has 0 saturated heterocycles. The maximum Gasteiger partial charge on any atom is 0.404 e. The van der Waals surface area contributed by atoms with Crippen molar-refractivity contribution in [2.24, 2.45) is 0 Å². The molecule has 3 aromatic rings. The maximum absolute atomic E-state index is 12.9. The van der Waals surface area contributed by atoms with Crippen LogP contribution in [0.3, 0.4) is 0 Å². The van der Waals surface area contributed by atoms with E-state index in [-0.39, 0.29) is 31.1 Å². The van der Waals surface area contributed by atoms with Gasteiger partial charge < -0.3 is 24.7 Å². The summed E-state index contributed by atoms with van der Waals surface area (Å²) < 4.78 is 36.2. The third kappa shape index (κ3) is 5.98. The number of carbonyl (C=O) groups is 3. The van der Waals surface area contributed by atoms with Crippen LogP contribution in [-0.4, -0.2) is 59.8 Å². The number of hydrogen-bond acceptors (Lipinski definition) is 9. The number of hydrogen-bond donors (Lipinski definition) is 3. The molecule has 13 heteroatoms. The molecule has 2 aromatic heterocycles. The third-order valence-corrected chi connectivity index (χ3v) is 7.04. The van der Waals surface area contributed by atoms with Crippen molar-refractivity contribution in [2.45, 2.75) is 37.7 Å². The number of carboxylic acid groups (broad SMARTS) is 1. The standard InChI is InChI=1S/C21H24N4O8S/c1-12-14(13(2)33-25-12)11-34(30,31)18(10-23-21(28)29)19(27)22-9-5-7-16(26)20-24-15-6-3-4-8-17(15)32-20/h3-4,6,8,18,23H,5,7,9-11H2,1-2H3,(H,22,27)(H,28,29). The van der Waals surface area contributed by atoms with Gasteiger partial charge in [0.1, 0.15) is 11.3 Å². The molecule has 2 heterocycles. The van der Waals surface area contributed by atoms with Gasteiger partial charge in [0, 0.05) is 25.1 Å². The van der Waals surface area contributed by atoms with E-state index in [1.807, 2.05) is 5.32 Å². The van der Waals surface area contributed by atoms with Crippen molar-refractivity contribution in [3.8, 4) is 0 Å². The Morgan fingerprint density at radius 2 is 1.88 bits per heavy atom. The monoisotopic (exact) mass is 492 g/mol. The highest BCUT2D eigenvalue weighted by Crippen LogP contribution is 2.19. The number of sulfone groups is 1. The summed E-state index contributed by atoms with van der Waals surface area (Å²) in [6.07, 6.45) is -1.25. The van der Waals surface area contributed by atoms with Gasteiger partial charge in [0.15, 0.2) is 20.7 Å². The lowest BCUT2D eigenvalue weighted by Crippen LogP contribution is -2.47. The lowest BCUT2D eigenvalue weighted by Gasteiger charge is -2.17. The molecule has 0 aliphatic carbocycles. The average molecular weight is 493 g/mol. The van der Waals surface area contributed by atoms with Gasteiger partial charge in [0.05, 0.1) is 11.4 Å². The zero-order valence-electron chi connectivity index (χ0n) is 18.5. The lowest BCUT2D eigenvalue weighted by atomic mass is 10.2. The number of nitrogens with zero attached hydrogens (tertiary/aromatic N) is 2.